The first-order valence-electron chi connectivity index (χ1n) is 12.1. The van der Waals surface area contributed by atoms with Crippen molar-refractivity contribution in [2.45, 2.75) is 4.90 Å². The Bertz CT molecular complexity index is 1390. The SMILES string of the molecule is O=C(NO)c1cnc(N2CCN(S(=O)(=O)c3ccc(-c4ccc(C(=O)N5CCOCC5)cc4)cc3)CC2)s1. The minimum absolute atomic E-state index is 0.0210. The van der Waals surface area contributed by atoms with Crippen LogP contribution in [-0.4, -0.2) is 92.1 Å². The van der Waals surface area contributed by atoms with Gasteiger partial charge in [0.25, 0.3) is 11.8 Å². The van der Waals surface area contributed by atoms with Crippen molar-refractivity contribution in [2.75, 3.05) is 57.4 Å². The lowest BCUT2D eigenvalue weighted by atomic mass is 10.0. The van der Waals surface area contributed by atoms with E-state index < -0.39 is 15.9 Å². The molecule has 0 atom stereocenters. The highest BCUT2D eigenvalue weighted by molar-refractivity contribution is 7.89. The van der Waals surface area contributed by atoms with Gasteiger partial charge in [-0.3, -0.25) is 14.8 Å². The van der Waals surface area contributed by atoms with Crippen LogP contribution in [0.3, 0.4) is 0 Å². The Morgan fingerprint density at radius 1 is 0.895 bits per heavy atom. The van der Waals surface area contributed by atoms with Crippen LogP contribution in [0.5, 0.6) is 0 Å². The predicted octanol–water partition coefficient (Wildman–Crippen LogP) is 1.91. The van der Waals surface area contributed by atoms with E-state index in [0.717, 1.165) is 22.5 Å². The third-order valence-corrected chi connectivity index (χ3v) is 9.55. The average molecular weight is 558 g/mol. The number of nitrogens with zero attached hydrogens (tertiary/aromatic N) is 4. The van der Waals surface area contributed by atoms with E-state index in [9.17, 15) is 18.0 Å². The molecule has 2 amide bonds. The fourth-order valence-corrected chi connectivity index (χ4v) is 6.69. The third-order valence-electron chi connectivity index (χ3n) is 6.58. The van der Waals surface area contributed by atoms with Crippen molar-refractivity contribution in [2.24, 2.45) is 0 Å². The normalized spacial score (nSPS) is 16.9. The van der Waals surface area contributed by atoms with E-state index in [2.05, 4.69) is 4.98 Å². The number of hydroxylamine groups is 1. The average Bonchev–Trinajstić information content (AvgIpc) is 3.48. The van der Waals surface area contributed by atoms with Crippen LogP contribution in [0.25, 0.3) is 11.1 Å². The summed E-state index contributed by atoms with van der Waals surface area (Å²) in [6.07, 6.45) is 1.38. The lowest BCUT2D eigenvalue weighted by molar-refractivity contribution is 0.0303. The number of morpholine rings is 1. The Kier molecular flexibility index (Phi) is 7.72. The number of hydrogen-bond acceptors (Lipinski definition) is 9. The first kappa shape index (κ1) is 26.3. The topological polar surface area (TPSA) is 132 Å². The molecule has 2 aromatic carbocycles. The van der Waals surface area contributed by atoms with Gasteiger partial charge in [-0.25, -0.2) is 18.9 Å². The number of benzene rings is 2. The highest BCUT2D eigenvalue weighted by Crippen LogP contribution is 2.27. The van der Waals surface area contributed by atoms with Gasteiger partial charge in [-0.15, -0.1) is 0 Å². The van der Waals surface area contributed by atoms with Crippen molar-refractivity contribution in [3.63, 3.8) is 0 Å². The Hall–Kier alpha value is -3.36. The molecule has 3 heterocycles. The van der Waals surface area contributed by atoms with Gasteiger partial charge >= 0.3 is 0 Å². The number of piperazine rings is 1. The van der Waals surface area contributed by atoms with Gasteiger partial charge in [0.2, 0.25) is 10.0 Å². The highest BCUT2D eigenvalue weighted by atomic mass is 32.2. The Balaban J connectivity index is 1.21. The molecule has 0 bridgehead atoms. The summed E-state index contributed by atoms with van der Waals surface area (Å²) in [7, 11) is -3.68. The standard InChI is InChI=1S/C25H27N5O6S2/c31-23(27-33)22-17-26-25(37-22)29-9-11-30(12-10-29)38(34,35)21-7-5-19(6-8-21)18-1-3-20(4-2-18)24(32)28-13-15-36-16-14-28/h1-8,17,33H,9-16H2,(H,27,31). The van der Waals surface area contributed by atoms with Gasteiger partial charge in [0, 0.05) is 44.8 Å². The van der Waals surface area contributed by atoms with Crippen molar-refractivity contribution < 1.29 is 28.0 Å². The summed E-state index contributed by atoms with van der Waals surface area (Å²) in [6.45, 7) is 3.69. The molecule has 38 heavy (non-hydrogen) atoms. The molecular weight excluding hydrogens is 530 g/mol. The zero-order valence-electron chi connectivity index (χ0n) is 20.4. The summed E-state index contributed by atoms with van der Waals surface area (Å²) in [5.74, 6) is -0.650. The van der Waals surface area contributed by atoms with Crippen molar-refractivity contribution in [3.05, 3.63) is 65.2 Å². The molecular formula is C25H27N5O6S2. The van der Waals surface area contributed by atoms with Crippen LogP contribution in [0.2, 0.25) is 0 Å². The molecule has 0 unspecified atom stereocenters. The van der Waals surface area contributed by atoms with Crippen LogP contribution in [0.1, 0.15) is 20.0 Å². The van der Waals surface area contributed by atoms with Gasteiger partial charge < -0.3 is 14.5 Å². The van der Waals surface area contributed by atoms with Gasteiger partial charge in [0.15, 0.2) is 5.13 Å². The number of carbonyl (C=O) groups excluding carboxylic acids is 2. The fourth-order valence-electron chi connectivity index (χ4n) is 4.41. The second kappa shape index (κ2) is 11.2. The minimum Gasteiger partial charge on any atom is -0.378 e. The Labute approximate surface area is 224 Å². The maximum atomic E-state index is 13.2. The molecule has 1 aromatic heterocycles. The van der Waals surface area contributed by atoms with Crippen molar-refractivity contribution >= 4 is 38.3 Å². The number of rotatable bonds is 6. The summed E-state index contributed by atoms with van der Waals surface area (Å²) in [5.41, 5.74) is 3.93. The number of amides is 2. The van der Waals surface area contributed by atoms with Crippen molar-refractivity contribution in [3.8, 4) is 11.1 Å². The molecule has 2 N–H and O–H groups in total. The molecule has 200 valence electrons. The molecule has 5 rings (SSSR count). The molecule has 3 aromatic rings. The van der Waals surface area contributed by atoms with E-state index in [0.29, 0.717) is 50.1 Å². The van der Waals surface area contributed by atoms with Crippen LogP contribution in [-0.2, 0) is 14.8 Å². The van der Waals surface area contributed by atoms with E-state index in [-0.39, 0.29) is 28.8 Å². The number of hydrogen-bond donors (Lipinski definition) is 2. The molecule has 0 saturated carbocycles. The number of aromatic nitrogens is 1. The van der Waals surface area contributed by atoms with E-state index in [1.165, 1.54) is 10.5 Å². The Morgan fingerprint density at radius 3 is 2.11 bits per heavy atom. The maximum Gasteiger partial charge on any atom is 0.286 e. The molecule has 2 fully saturated rings. The van der Waals surface area contributed by atoms with Crippen LogP contribution < -0.4 is 10.4 Å². The zero-order valence-corrected chi connectivity index (χ0v) is 22.1. The fraction of sp³-hybridized carbons (Fsp3) is 0.320. The van der Waals surface area contributed by atoms with Crippen LogP contribution in [0.15, 0.2) is 59.6 Å². The van der Waals surface area contributed by atoms with E-state index >= 15 is 0 Å². The second-order valence-electron chi connectivity index (χ2n) is 8.85. The summed E-state index contributed by atoms with van der Waals surface area (Å²) in [5, 5.41) is 9.37. The minimum atomic E-state index is -3.68. The highest BCUT2D eigenvalue weighted by Gasteiger charge is 2.29. The number of sulfonamides is 1. The van der Waals surface area contributed by atoms with E-state index in [1.54, 1.807) is 46.8 Å². The quantitative estimate of drug-likeness (QED) is 0.347. The third kappa shape index (κ3) is 5.42. The van der Waals surface area contributed by atoms with Gasteiger partial charge in [0.05, 0.1) is 24.3 Å². The van der Waals surface area contributed by atoms with Crippen LogP contribution >= 0.6 is 11.3 Å². The molecule has 2 aliphatic heterocycles. The predicted molar refractivity (Wildman–Crippen MR) is 141 cm³/mol. The molecule has 0 aliphatic carbocycles. The molecule has 2 saturated heterocycles. The van der Waals surface area contributed by atoms with E-state index in [1.807, 2.05) is 17.0 Å². The molecule has 0 radical (unpaired) electrons. The molecule has 13 heteroatoms. The molecule has 0 spiro atoms. The van der Waals surface area contributed by atoms with Gasteiger partial charge in [-0.2, -0.15) is 4.31 Å². The van der Waals surface area contributed by atoms with Crippen molar-refractivity contribution in [1.29, 1.82) is 0 Å². The summed E-state index contributed by atoms with van der Waals surface area (Å²) >= 11 is 1.13. The number of ether oxygens (including phenoxy) is 1. The monoisotopic (exact) mass is 557 g/mol. The zero-order chi connectivity index (χ0) is 26.7. The number of anilines is 1. The van der Waals surface area contributed by atoms with E-state index in [4.69, 9.17) is 9.94 Å². The maximum absolute atomic E-state index is 13.2. The summed E-state index contributed by atoms with van der Waals surface area (Å²) < 4.78 is 33.2. The number of carbonyl (C=O) groups is 2. The van der Waals surface area contributed by atoms with Gasteiger partial charge in [-0.05, 0) is 35.4 Å². The largest absolute Gasteiger partial charge is 0.378 e. The summed E-state index contributed by atoms with van der Waals surface area (Å²) in [4.78, 5) is 32.6. The Morgan fingerprint density at radius 2 is 1.50 bits per heavy atom. The first-order valence-corrected chi connectivity index (χ1v) is 14.4. The summed E-state index contributed by atoms with van der Waals surface area (Å²) in [6, 6.07) is 14.1. The van der Waals surface area contributed by atoms with Gasteiger partial charge in [-0.1, -0.05) is 35.6 Å². The van der Waals surface area contributed by atoms with Crippen molar-refractivity contribution in [1.82, 2.24) is 19.7 Å². The number of nitrogens with one attached hydrogen (secondary N) is 1. The molecule has 2 aliphatic rings. The van der Waals surface area contributed by atoms with Crippen LogP contribution in [0, 0.1) is 0 Å². The first-order chi connectivity index (χ1) is 18.4. The lowest BCUT2D eigenvalue weighted by Gasteiger charge is -2.33. The van der Waals surface area contributed by atoms with Crippen LogP contribution in [0.4, 0.5) is 5.13 Å². The molecule has 11 nitrogen and oxygen atoms in total. The number of thiazole rings is 1. The van der Waals surface area contributed by atoms with Gasteiger partial charge in [0.1, 0.15) is 4.88 Å². The lowest BCUT2D eigenvalue weighted by Crippen LogP contribution is -2.48. The second-order valence-corrected chi connectivity index (χ2v) is 11.8. The smallest absolute Gasteiger partial charge is 0.286 e.